The molecule has 0 saturated carbocycles. The van der Waals surface area contributed by atoms with E-state index in [0.29, 0.717) is 18.0 Å². The molecule has 1 aromatic heterocycles. The maximum atomic E-state index is 12.3. The van der Waals surface area contributed by atoms with Crippen LogP contribution in [0.5, 0.6) is 0 Å². The van der Waals surface area contributed by atoms with E-state index in [1.807, 2.05) is 18.5 Å². The third kappa shape index (κ3) is 3.67. The van der Waals surface area contributed by atoms with Gasteiger partial charge in [0, 0.05) is 31.9 Å². The molecule has 1 saturated heterocycles. The van der Waals surface area contributed by atoms with Crippen molar-refractivity contribution in [2.24, 2.45) is 0 Å². The number of hydrogen-bond acceptors (Lipinski definition) is 3. The first-order valence-corrected chi connectivity index (χ1v) is 8.77. The van der Waals surface area contributed by atoms with Crippen LogP contribution in [0, 0.1) is 6.92 Å². The highest BCUT2D eigenvalue weighted by atomic mass is 16.1. The number of likely N-dealkylation sites (tertiary alicyclic amines) is 1. The average Bonchev–Trinajstić information content (AvgIpc) is 3.22. The Kier molecular flexibility index (Phi) is 5.30. The Bertz CT molecular complexity index is 680. The van der Waals surface area contributed by atoms with Crippen molar-refractivity contribution in [2.45, 2.75) is 32.7 Å². The van der Waals surface area contributed by atoms with Crippen LogP contribution in [-0.4, -0.2) is 46.8 Å². The van der Waals surface area contributed by atoms with Crippen LogP contribution in [-0.2, 0) is 6.54 Å². The van der Waals surface area contributed by atoms with E-state index in [0.717, 1.165) is 31.9 Å². The molecular weight excluding hydrogens is 300 g/mol. The molecule has 1 aliphatic heterocycles. The molecule has 5 heteroatoms. The van der Waals surface area contributed by atoms with Crippen LogP contribution in [0.15, 0.2) is 36.5 Å². The predicted octanol–water partition coefficient (Wildman–Crippen LogP) is 2.43. The molecule has 1 N–H and O–H groups in total. The summed E-state index contributed by atoms with van der Waals surface area (Å²) in [5.74, 6) is 0.595. The number of amides is 1. The number of nitrogens with zero attached hydrogens (tertiary/aromatic N) is 3. The number of nitrogens with one attached hydrogen (secondary N) is 1. The van der Waals surface area contributed by atoms with Gasteiger partial charge in [-0.15, -0.1) is 0 Å². The Labute approximate surface area is 143 Å². The number of rotatable bonds is 6. The van der Waals surface area contributed by atoms with Gasteiger partial charge >= 0.3 is 0 Å². The first kappa shape index (κ1) is 16.7. The van der Waals surface area contributed by atoms with E-state index >= 15 is 0 Å². The molecule has 2 aromatic rings. The minimum Gasteiger partial charge on any atom is -0.351 e. The Hall–Kier alpha value is -2.14. The second kappa shape index (κ2) is 7.62. The lowest BCUT2D eigenvalue weighted by atomic mass is 9.99. The molecule has 0 radical (unpaired) electrons. The zero-order chi connectivity index (χ0) is 16.9. The van der Waals surface area contributed by atoms with Gasteiger partial charge in [-0.2, -0.15) is 5.10 Å². The summed E-state index contributed by atoms with van der Waals surface area (Å²) in [5.41, 5.74) is 3.03. The molecule has 1 atom stereocenters. The Morgan fingerprint density at radius 3 is 2.83 bits per heavy atom. The van der Waals surface area contributed by atoms with Crippen LogP contribution in [0.4, 0.5) is 0 Å². The highest BCUT2D eigenvalue weighted by Crippen LogP contribution is 2.26. The molecule has 1 aliphatic rings. The van der Waals surface area contributed by atoms with Gasteiger partial charge in [-0.05, 0) is 38.3 Å². The second-order valence-electron chi connectivity index (χ2n) is 6.41. The molecule has 0 unspecified atom stereocenters. The SMILES string of the molecule is CCn1ncc(C(=O)NCCN2CC[C@@H](c3ccccc3)C2)c1C. The molecule has 0 bridgehead atoms. The minimum atomic E-state index is -0.0222. The summed E-state index contributed by atoms with van der Waals surface area (Å²) in [4.78, 5) is 14.7. The summed E-state index contributed by atoms with van der Waals surface area (Å²) in [7, 11) is 0. The Morgan fingerprint density at radius 1 is 1.33 bits per heavy atom. The largest absolute Gasteiger partial charge is 0.351 e. The third-order valence-corrected chi connectivity index (χ3v) is 4.90. The van der Waals surface area contributed by atoms with E-state index < -0.39 is 0 Å². The fourth-order valence-corrected chi connectivity index (χ4v) is 3.44. The summed E-state index contributed by atoms with van der Waals surface area (Å²) >= 11 is 0. The van der Waals surface area contributed by atoms with Crippen molar-refractivity contribution in [3.05, 3.63) is 53.3 Å². The van der Waals surface area contributed by atoms with Crippen LogP contribution >= 0.6 is 0 Å². The molecular formula is C19H26N4O. The number of hydrogen-bond donors (Lipinski definition) is 1. The molecule has 2 heterocycles. The topological polar surface area (TPSA) is 50.2 Å². The molecule has 1 fully saturated rings. The van der Waals surface area contributed by atoms with Crippen LogP contribution in [0.25, 0.3) is 0 Å². The van der Waals surface area contributed by atoms with E-state index in [9.17, 15) is 4.79 Å². The average molecular weight is 326 g/mol. The first-order chi connectivity index (χ1) is 11.7. The normalized spacial score (nSPS) is 18.0. The molecule has 0 aliphatic carbocycles. The van der Waals surface area contributed by atoms with E-state index in [1.54, 1.807) is 6.20 Å². The van der Waals surface area contributed by atoms with Gasteiger partial charge in [0.2, 0.25) is 0 Å². The van der Waals surface area contributed by atoms with Crippen molar-refractivity contribution in [2.75, 3.05) is 26.2 Å². The predicted molar refractivity (Wildman–Crippen MR) is 95.2 cm³/mol. The quantitative estimate of drug-likeness (QED) is 0.887. The second-order valence-corrected chi connectivity index (χ2v) is 6.41. The van der Waals surface area contributed by atoms with E-state index in [4.69, 9.17) is 0 Å². The van der Waals surface area contributed by atoms with Gasteiger partial charge in [-0.1, -0.05) is 30.3 Å². The van der Waals surface area contributed by atoms with Crippen molar-refractivity contribution in [3.63, 3.8) is 0 Å². The fraction of sp³-hybridized carbons (Fsp3) is 0.474. The maximum absolute atomic E-state index is 12.3. The van der Waals surface area contributed by atoms with Gasteiger partial charge in [-0.25, -0.2) is 0 Å². The van der Waals surface area contributed by atoms with Crippen molar-refractivity contribution in [1.29, 1.82) is 0 Å². The lowest BCUT2D eigenvalue weighted by molar-refractivity contribution is 0.0949. The van der Waals surface area contributed by atoms with Crippen LogP contribution in [0.2, 0.25) is 0 Å². The molecule has 1 amide bonds. The lowest BCUT2D eigenvalue weighted by Gasteiger charge is -2.16. The molecule has 5 nitrogen and oxygen atoms in total. The van der Waals surface area contributed by atoms with Gasteiger partial charge in [-0.3, -0.25) is 9.48 Å². The number of carbonyl (C=O) groups is 1. The van der Waals surface area contributed by atoms with Crippen LogP contribution < -0.4 is 5.32 Å². The number of benzene rings is 1. The lowest BCUT2D eigenvalue weighted by Crippen LogP contribution is -2.34. The fourth-order valence-electron chi connectivity index (χ4n) is 3.44. The van der Waals surface area contributed by atoms with Gasteiger partial charge in [0.05, 0.1) is 11.8 Å². The van der Waals surface area contributed by atoms with Crippen LogP contribution in [0.3, 0.4) is 0 Å². The van der Waals surface area contributed by atoms with Gasteiger partial charge in [0.25, 0.3) is 5.91 Å². The van der Waals surface area contributed by atoms with Crippen molar-refractivity contribution >= 4 is 5.91 Å². The smallest absolute Gasteiger partial charge is 0.254 e. The molecule has 128 valence electrons. The minimum absolute atomic E-state index is 0.0222. The summed E-state index contributed by atoms with van der Waals surface area (Å²) in [5, 5.41) is 7.25. The molecule has 1 aromatic carbocycles. The number of aryl methyl sites for hydroxylation is 1. The monoisotopic (exact) mass is 326 g/mol. The first-order valence-electron chi connectivity index (χ1n) is 8.77. The molecule has 3 rings (SSSR count). The summed E-state index contributed by atoms with van der Waals surface area (Å²) in [6.45, 7) is 8.50. The van der Waals surface area contributed by atoms with Gasteiger partial charge < -0.3 is 10.2 Å². The van der Waals surface area contributed by atoms with Gasteiger partial charge in [0.1, 0.15) is 0 Å². The molecule has 24 heavy (non-hydrogen) atoms. The third-order valence-electron chi connectivity index (χ3n) is 4.90. The maximum Gasteiger partial charge on any atom is 0.254 e. The van der Waals surface area contributed by atoms with E-state index in [2.05, 4.69) is 45.6 Å². The highest BCUT2D eigenvalue weighted by Gasteiger charge is 2.23. The zero-order valence-electron chi connectivity index (χ0n) is 14.5. The van der Waals surface area contributed by atoms with Crippen molar-refractivity contribution in [3.8, 4) is 0 Å². The summed E-state index contributed by atoms with van der Waals surface area (Å²) < 4.78 is 1.85. The molecule has 0 spiro atoms. The van der Waals surface area contributed by atoms with E-state index in [1.165, 1.54) is 12.0 Å². The Balaban J connectivity index is 1.45. The highest BCUT2D eigenvalue weighted by molar-refractivity contribution is 5.95. The zero-order valence-corrected chi connectivity index (χ0v) is 14.5. The summed E-state index contributed by atoms with van der Waals surface area (Å²) in [6.07, 6.45) is 2.86. The van der Waals surface area contributed by atoms with Gasteiger partial charge in [0.15, 0.2) is 0 Å². The van der Waals surface area contributed by atoms with E-state index in [-0.39, 0.29) is 5.91 Å². The standard InChI is InChI=1S/C19H26N4O/c1-3-23-15(2)18(13-21-23)19(24)20-10-12-22-11-9-17(14-22)16-7-5-4-6-8-16/h4-8,13,17H,3,9-12,14H2,1-2H3,(H,20,24)/t17-/m1/s1. The summed E-state index contributed by atoms with van der Waals surface area (Å²) in [6, 6.07) is 10.7. The number of carbonyl (C=O) groups excluding carboxylic acids is 1. The van der Waals surface area contributed by atoms with Crippen LogP contribution in [0.1, 0.15) is 40.9 Å². The number of aromatic nitrogens is 2. The Morgan fingerprint density at radius 2 is 2.12 bits per heavy atom. The van der Waals surface area contributed by atoms with Crippen molar-refractivity contribution in [1.82, 2.24) is 20.0 Å². The van der Waals surface area contributed by atoms with Crippen molar-refractivity contribution < 1.29 is 4.79 Å².